The molecular weight excluding hydrogens is 290 g/mol. The Kier molecular flexibility index (Phi) is 3.79. The summed E-state index contributed by atoms with van der Waals surface area (Å²) in [5.74, 6) is -1.88. The van der Waals surface area contributed by atoms with Gasteiger partial charge in [-0.25, -0.2) is 9.37 Å². The molecule has 1 amide bonds. The number of nitrogen functional groups attached to an aromatic ring is 1. The number of benzene rings is 1. The number of halogens is 4. The molecule has 2 aromatic rings. The molecule has 0 aliphatic carbocycles. The van der Waals surface area contributed by atoms with Crippen LogP contribution in [0, 0.1) is 5.82 Å². The number of anilines is 2. The van der Waals surface area contributed by atoms with Crippen LogP contribution in [-0.2, 0) is 6.18 Å². The van der Waals surface area contributed by atoms with E-state index in [1.165, 1.54) is 18.3 Å². The fourth-order valence-electron chi connectivity index (χ4n) is 1.56. The third-order valence-corrected chi connectivity index (χ3v) is 2.58. The van der Waals surface area contributed by atoms with E-state index in [-0.39, 0.29) is 17.1 Å². The van der Waals surface area contributed by atoms with Crippen LogP contribution in [0.4, 0.5) is 29.1 Å². The van der Waals surface area contributed by atoms with Crippen molar-refractivity contribution in [2.45, 2.75) is 6.18 Å². The van der Waals surface area contributed by atoms with Crippen LogP contribution in [-0.4, -0.2) is 10.9 Å². The number of hydrogen-bond donors (Lipinski definition) is 2. The van der Waals surface area contributed by atoms with Gasteiger partial charge in [0, 0.05) is 11.9 Å². The Morgan fingerprint density at radius 3 is 2.48 bits per heavy atom. The molecule has 0 aliphatic heterocycles. The second-order valence-corrected chi connectivity index (χ2v) is 4.12. The first kappa shape index (κ1) is 14.8. The van der Waals surface area contributed by atoms with Gasteiger partial charge in [0.1, 0.15) is 11.6 Å². The lowest BCUT2D eigenvalue weighted by Crippen LogP contribution is -2.14. The Morgan fingerprint density at radius 2 is 1.90 bits per heavy atom. The topological polar surface area (TPSA) is 68.0 Å². The fraction of sp³-hybridized carbons (Fsp3) is 0.0769. The summed E-state index contributed by atoms with van der Waals surface area (Å²) in [5.41, 5.74) is 3.84. The molecule has 0 unspecified atom stereocenters. The first-order valence-electron chi connectivity index (χ1n) is 5.67. The van der Waals surface area contributed by atoms with Crippen molar-refractivity contribution in [3.8, 4) is 0 Å². The minimum absolute atomic E-state index is 0.113. The number of nitrogens with two attached hydrogens (primary N) is 1. The van der Waals surface area contributed by atoms with Crippen molar-refractivity contribution in [3.05, 3.63) is 53.5 Å². The van der Waals surface area contributed by atoms with Crippen LogP contribution in [0.2, 0.25) is 0 Å². The summed E-state index contributed by atoms with van der Waals surface area (Å²) in [7, 11) is 0. The van der Waals surface area contributed by atoms with E-state index in [1.54, 1.807) is 0 Å². The minimum atomic E-state index is -4.84. The van der Waals surface area contributed by atoms with Crippen LogP contribution in [0.5, 0.6) is 0 Å². The van der Waals surface area contributed by atoms with E-state index in [9.17, 15) is 22.4 Å². The number of nitrogens with one attached hydrogen (secondary N) is 1. The summed E-state index contributed by atoms with van der Waals surface area (Å²) in [4.78, 5) is 15.5. The molecule has 0 bridgehead atoms. The number of carbonyl (C=O) groups excluding carboxylic acids is 1. The average molecular weight is 299 g/mol. The number of nitrogens with zero attached hydrogens (tertiary/aromatic N) is 1. The zero-order valence-electron chi connectivity index (χ0n) is 10.4. The number of alkyl halides is 3. The number of carbonyl (C=O) groups is 1. The standard InChI is InChI=1S/C13H9F4N3O/c14-10-3-2-8(5-9(10)13(15,16)17)20-12(21)7-1-4-11(18)19-6-7/h1-6H,(H2,18,19)(H,20,21). The Balaban J connectivity index is 2.24. The molecule has 0 radical (unpaired) electrons. The molecule has 0 aliphatic rings. The van der Waals surface area contributed by atoms with Crippen LogP contribution in [0.25, 0.3) is 0 Å². The molecule has 0 spiro atoms. The van der Waals surface area contributed by atoms with Crippen molar-refractivity contribution in [2.24, 2.45) is 0 Å². The van der Waals surface area contributed by atoms with Crippen molar-refractivity contribution < 1.29 is 22.4 Å². The van der Waals surface area contributed by atoms with E-state index in [1.807, 2.05) is 0 Å². The third kappa shape index (κ3) is 3.47. The Labute approximate surface area is 116 Å². The maximum atomic E-state index is 13.1. The van der Waals surface area contributed by atoms with E-state index >= 15 is 0 Å². The summed E-state index contributed by atoms with van der Waals surface area (Å²) in [6.45, 7) is 0. The van der Waals surface area contributed by atoms with E-state index < -0.39 is 23.5 Å². The van der Waals surface area contributed by atoms with Crippen LogP contribution < -0.4 is 11.1 Å². The monoisotopic (exact) mass is 299 g/mol. The summed E-state index contributed by atoms with van der Waals surface area (Å²) in [6.07, 6.45) is -3.66. The molecule has 2 rings (SSSR count). The number of amides is 1. The van der Waals surface area contributed by atoms with Gasteiger partial charge in [0.25, 0.3) is 5.91 Å². The highest BCUT2D eigenvalue weighted by atomic mass is 19.4. The average Bonchev–Trinajstić information content (AvgIpc) is 2.40. The van der Waals surface area contributed by atoms with E-state index in [0.29, 0.717) is 12.1 Å². The van der Waals surface area contributed by atoms with Crippen molar-refractivity contribution in [3.63, 3.8) is 0 Å². The summed E-state index contributed by atoms with van der Waals surface area (Å²) < 4.78 is 50.8. The second kappa shape index (κ2) is 5.39. The summed E-state index contributed by atoms with van der Waals surface area (Å²) in [6, 6.07) is 4.94. The number of aromatic nitrogens is 1. The van der Waals surface area contributed by atoms with Crippen molar-refractivity contribution in [1.82, 2.24) is 4.98 Å². The van der Waals surface area contributed by atoms with E-state index in [2.05, 4.69) is 10.3 Å². The molecular formula is C13H9F4N3O. The van der Waals surface area contributed by atoms with Gasteiger partial charge in [-0.2, -0.15) is 13.2 Å². The van der Waals surface area contributed by atoms with Gasteiger partial charge >= 0.3 is 6.18 Å². The molecule has 0 fully saturated rings. The predicted octanol–water partition coefficient (Wildman–Crippen LogP) is 3.07. The van der Waals surface area contributed by atoms with Gasteiger partial charge in [-0.1, -0.05) is 0 Å². The highest BCUT2D eigenvalue weighted by Gasteiger charge is 2.34. The molecule has 0 saturated heterocycles. The van der Waals surface area contributed by atoms with Gasteiger partial charge in [0.15, 0.2) is 0 Å². The predicted molar refractivity (Wildman–Crippen MR) is 68.0 cm³/mol. The first-order chi connectivity index (χ1) is 9.77. The highest BCUT2D eigenvalue weighted by Crippen LogP contribution is 2.33. The molecule has 0 saturated carbocycles. The Morgan fingerprint density at radius 1 is 1.19 bits per heavy atom. The van der Waals surface area contributed by atoms with Crippen LogP contribution in [0.1, 0.15) is 15.9 Å². The molecule has 1 heterocycles. The van der Waals surface area contributed by atoms with E-state index in [0.717, 1.165) is 6.07 Å². The van der Waals surface area contributed by atoms with Crippen LogP contribution >= 0.6 is 0 Å². The second-order valence-electron chi connectivity index (χ2n) is 4.12. The normalized spacial score (nSPS) is 11.2. The lowest BCUT2D eigenvalue weighted by Gasteiger charge is -2.11. The van der Waals surface area contributed by atoms with Crippen LogP contribution in [0.3, 0.4) is 0 Å². The van der Waals surface area contributed by atoms with E-state index in [4.69, 9.17) is 5.73 Å². The van der Waals surface area contributed by atoms with Crippen molar-refractivity contribution in [1.29, 1.82) is 0 Å². The van der Waals surface area contributed by atoms with Crippen molar-refractivity contribution >= 4 is 17.4 Å². The zero-order chi connectivity index (χ0) is 15.6. The molecule has 21 heavy (non-hydrogen) atoms. The maximum absolute atomic E-state index is 13.1. The SMILES string of the molecule is Nc1ccc(C(=O)Nc2ccc(F)c(C(F)(F)F)c2)cn1. The summed E-state index contributed by atoms with van der Waals surface area (Å²) in [5, 5.41) is 2.23. The minimum Gasteiger partial charge on any atom is -0.384 e. The Bertz CT molecular complexity index is 668. The molecule has 1 aromatic carbocycles. The molecule has 0 atom stereocenters. The molecule has 1 aromatic heterocycles. The van der Waals surface area contributed by atoms with Gasteiger partial charge in [-0.3, -0.25) is 4.79 Å². The maximum Gasteiger partial charge on any atom is 0.419 e. The lowest BCUT2D eigenvalue weighted by molar-refractivity contribution is -0.139. The highest BCUT2D eigenvalue weighted by molar-refractivity contribution is 6.04. The van der Waals surface area contributed by atoms with Gasteiger partial charge in [-0.05, 0) is 30.3 Å². The molecule has 3 N–H and O–H groups in total. The number of pyridine rings is 1. The fourth-order valence-corrected chi connectivity index (χ4v) is 1.56. The summed E-state index contributed by atoms with van der Waals surface area (Å²) >= 11 is 0. The molecule has 8 heteroatoms. The van der Waals surface area contributed by atoms with Gasteiger partial charge in [-0.15, -0.1) is 0 Å². The lowest BCUT2D eigenvalue weighted by atomic mass is 10.1. The number of hydrogen-bond acceptors (Lipinski definition) is 3. The largest absolute Gasteiger partial charge is 0.419 e. The third-order valence-electron chi connectivity index (χ3n) is 2.58. The Hall–Kier alpha value is -2.64. The number of rotatable bonds is 2. The quantitative estimate of drug-likeness (QED) is 0.837. The van der Waals surface area contributed by atoms with Crippen LogP contribution in [0.15, 0.2) is 36.5 Å². The van der Waals surface area contributed by atoms with Gasteiger partial charge in [0.05, 0.1) is 11.1 Å². The van der Waals surface area contributed by atoms with Gasteiger partial charge in [0.2, 0.25) is 0 Å². The van der Waals surface area contributed by atoms with Crippen molar-refractivity contribution in [2.75, 3.05) is 11.1 Å². The zero-order valence-corrected chi connectivity index (χ0v) is 10.4. The first-order valence-corrected chi connectivity index (χ1v) is 5.67. The molecule has 110 valence electrons. The smallest absolute Gasteiger partial charge is 0.384 e. The van der Waals surface area contributed by atoms with Gasteiger partial charge < -0.3 is 11.1 Å². The molecule has 4 nitrogen and oxygen atoms in total.